The summed E-state index contributed by atoms with van der Waals surface area (Å²) in [5.74, 6) is 1.14. The first-order valence-electron chi connectivity index (χ1n) is 6.97. The van der Waals surface area contributed by atoms with Crippen LogP contribution in [0.5, 0.6) is 5.75 Å². The number of ether oxygens (including phenoxy) is 1. The predicted molar refractivity (Wildman–Crippen MR) is 73.2 cm³/mol. The van der Waals surface area contributed by atoms with Crippen molar-refractivity contribution in [3.8, 4) is 5.75 Å². The van der Waals surface area contributed by atoms with Gasteiger partial charge >= 0.3 is 0 Å². The van der Waals surface area contributed by atoms with Crippen LogP contribution in [0, 0.1) is 5.92 Å². The van der Waals surface area contributed by atoms with E-state index in [1.54, 1.807) is 0 Å². The highest BCUT2D eigenvalue weighted by Crippen LogP contribution is 2.27. The van der Waals surface area contributed by atoms with E-state index in [1.165, 1.54) is 0 Å². The molecule has 3 rings (SSSR count). The highest BCUT2D eigenvalue weighted by Gasteiger charge is 2.31. The van der Waals surface area contributed by atoms with Gasteiger partial charge in [0.1, 0.15) is 12.4 Å². The van der Waals surface area contributed by atoms with E-state index < -0.39 is 0 Å². The second-order valence-corrected chi connectivity index (χ2v) is 5.46. The van der Waals surface area contributed by atoms with Crippen LogP contribution in [0.1, 0.15) is 12.5 Å². The smallest absolute Gasteiger partial charge is 0.229 e. The molecule has 1 saturated heterocycles. The van der Waals surface area contributed by atoms with Crippen molar-refractivity contribution in [3.05, 3.63) is 29.8 Å². The molecular formula is C15H20N2O2. The number of carbonyl (C=O) groups is 1. The number of piperazine rings is 1. The van der Waals surface area contributed by atoms with Gasteiger partial charge in [-0.2, -0.15) is 0 Å². The molecule has 0 radical (unpaired) electrons. The number of hydrogen-bond donors (Lipinski definition) is 1. The zero-order chi connectivity index (χ0) is 13.2. The van der Waals surface area contributed by atoms with Crippen molar-refractivity contribution in [2.45, 2.75) is 19.4 Å². The second-order valence-electron chi connectivity index (χ2n) is 5.46. The van der Waals surface area contributed by atoms with Gasteiger partial charge in [0, 0.05) is 25.7 Å². The molecule has 1 amide bonds. The molecule has 1 N–H and O–H groups in total. The zero-order valence-corrected chi connectivity index (χ0v) is 11.3. The Morgan fingerprint density at radius 1 is 1.42 bits per heavy atom. The minimum Gasteiger partial charge on any atom is -0.492 e. The van der Waals surface area contributed by atoms with Gasteiger partial charge in [-0.05, 0) is 25.0 Å². The Hall–Kier alpha value is -1.55. The molecule has 19 heavy (non-hydrogen) atoms. The van der Waals surface area contributed by atoms with E-state index in [9.17, 15) is 4.79 Å². The molecule has 1 fully saturated rings. The van der Waals surface area contributed by atoms with Gasteiger partial charge < -0.3 is 15.0 Å². The Balaban J connectivity index is 1.69. The first-order chi connectivity index (χ1) is 9.24. The monoisotopic (exact) mass is 260 g/mol. The molecule has 0 spiro atoms. The first kappa shape index (κ1) is 12.5. The van der Waals surface area contributed by atoms with Crippen molar-refractivity contribution in [1.29, 1.82) is 0 Å². The third kappa shape index (κ3) is 2.59. The van der Waals surface area contributed by atoms with Gasteiger partial charge in [-0.15, -0.1) is 0 Å². The number of nitrogens with zero attached hydrogens (tertiary/aromatic N) is 1. The average molecular weight is 260 g/mol. The molecule has 4 nitrogen and oxygen atoms in total. The quantitative estimate of drug-likeness (QED) is 0.821. The third-order valence-corrected chi connectivity index (χ3v) is 3.91. The lowest BCUT2D eigenvalue weighted by atomic mass is 9.95. The number of benzene rings is 1. The van der Waals surface area contributed by atoms with Crippen molar-refractivity contribution < 1.29 is 9.53 Å². The summed E-state index contributed by atoms with van der Waals surface area (Å²) >= 11 is 0. The minimum atomic E-state index is -0.0276. The van der Waals surface area contributed by atoms with Crippen molar-refractivity contribution in [1.82, 2.24) is 10.2 Å². The topological polar surface area (TPSA) is 41.6 Å². The molecule has 102 valence electrons. The molecule has 0 aliphatic carbocycles. The number of nitrogens with one attached hydrogen (secondary N) is 1. The van der Waals surface area contributed by atoms with Crippen LogP contribution in [-0.4, -0.2) is 43.1 Å². The lowest BCUT2D eigenvalue weighted by Crippen LogP contribution is -2.53. The summed E-state index contributed by atoms with van der Waals surface area (Å²) in [5.41, 5.74) is 1.15. The maximum absolute atomic E-state index is 12.5. The van der Waals surface area contributed by atoms with Crippen molar-refractivity contribution in [3.63, 3.8) is 0 Å². The van der Waals surface area contributed by atoms with Crippen molar-refractivity contribution in [2.75, 3.05) is 26.2 Å². The summed E-state index contributed by atoms with van der Waals surface area (Å²) in [4.78, 5) is 14.5. The lowest BCUT2D eigenvalue weighted by Gasteiger charge is -2.35. The van der Waals surface area contributed by atoms with Crippen LogP contribution < -0.4 is 10.1 Å². The number of para-hydroxylation sites is 1. The summed E-state index contributed by atoms with van der Waals surface area (Å²) in [6.45, 7) is 5.12. The molecular weight excluding hydrogens is 240 g/mol. The van der Waals surface area contributed by atoms with Crippen molar-refractivity contribution in [2.24, 2.45) is 5.92 Å². The Bertz CT molecular complexity index is 475. The van der Waals surface area contributed by atoms with Gasteiger partial charge in [-0.1, -0.05) is 18.2 Å². The SMILES string of the molecule is C[C@@H]1CN(C(=O)C2COc3ccccc3C2)CCN1. The Morgan fingerprint density at radius 2 is 2.26 bits per heavy atom. The van der Waals surface area contributed by atoms with Crippen LogP contribution in [0.15, 0.2) is 24.3 Å². The number of rotatable bonds is 1. The highest BCUT2D eigenvalue weighted by molar-refractivity contribution is 5.80. The Morgan fingerprint density at radius 3 is 3.11 bits per heavy atom. The molecule has 0 aromatic heterocycles. The fourth-order valence-electron chi connectivity index (χ4n) is 2.88. The number of carbonyl (C=O) groups excluding carboxylic acids is 1. The fourth-order valence-corrected chi connectivity index (χ4v) is 2.88. The largest absolute Gasteiger partial charge is 0.492 e. The van der Waals surface area contributed by atoms with E-state index in [0.29, 0.717) is 12.6 Å². The standard InChI is InChI=1S/C15H20N2O2/c1-11-9-17(7-6-16-11)15(18)13-8-12-4-2-3-5-14(12)19-10-13/h2-5,11,13,16H,6-10H2,1H3/t11-,13?/m1/s1. The van der Waals surface area contributed by atoms with Crippen LogP contribution in [0.2, 0.25) is 0 Å². The van der Waals surface area contributed by atoms with E-state index in [1.807, 2.05) is 23.1 Å². The minimum absolute atomic E-state index is 0.0276. The predicted octanol–water partition coefficient (Wildman–Crippen LogP) is 1.06. The summed E-state index contributed by atoms with van der Waals surface area (Å²) in [5, 5.41) is 3.36. The molecule has 2 aliphatic rings. The molecule has 1 aromatic rings. The maximum Gasteiger partial charge on any atom is 0.229 e. The van der Waals surface area contributed by atoms with Gasteiger partial charge in [0.15, 0.2) is 0 Å². The molecule has 1 unspecified atom stereocenters. The first-order valence-corrected chi connectivity index (χ1v) is 6.97. The summed E-state index contributed by atoms with van der Waals surface area (Å²) in [6, 6.07) is 8.38. The van der Waals surface area contributed by atoms with Crippen LogP contribution in [-0.2, 0) is 11.2 Å². The maximum atomic E-state index is 12.5. The van der Waals surface area contributed by atoms with Crippen LogP contribution in [0.4, 0.5) is 0 Å². The molecule has 2 aliphatic heterocycles. The van der Waals surface area contributed by atoms with E-state index in [0.717, 1.165) is 37.4 Å². The van der Waals surface area contributed by atoms with Gasteiger partial charge in [0.25, 0.3) is 0 Å². The van der Waals surface area contributed by atoms with Gasteiger partial charge in [0.2, 0.25) is 5.91 Å². The average Bonchev–Trinajstić information content (AvgIpc) is 2.46. The van der Waals surface area contributed by atoms with Crippen molar-refractivity contribution >= 4 is 5.91 Å². The van der Waals surface area contributed by atoms with E-state index in [2.05, 4.69) is 18.3 Å². The Labute approximate surface area is 113 Å². The molecule has 0 saturated carbocycles. The zero-order valence-electron chi connectivity index (χ0n) is 11.3. The molecule has 2 heterocycles. The molecule has 1 aromatic carbocycles. The summed E-state index contributed by atoms with van der Waals surface area (Å²) in [6.07, 6.45) is 0.799. The molecule has 4 heteroatoms. The normalized spacial score (nSPS) is 26.5. The lowest BCUT2D eigenvalue weighted by molar-refractivity contribution is -0.138. The summed E-state index contributed by atoms with van der Waals surface area (Å²) in [7, 11) is 0. The Kier molecular flexibility index (Phi) is 3.42. The number of amides is 1. The van der Waals surface area contributed by atoms with E-state index in [4.69, 9.17) is 4.74 Å². The van der Waals surface area contributed by atoms with Gasteiger partial charge in [0.05, 0.1) is 5.92 Å². The van der Waals surface area contributed by atoms with Crippen LogP contribution in [0.3, 0.4) is 0 Å². The van der Waals surface area contributed by atoms with Gasteiger partial charge in [-0.3, -0.25) is 4.79 Å². The van der Waals surface area contributed by atoms with E-state index >= 15 is 0 Å². The molecule has 2 atom stereocenters. The number of hydrogen-bond acceptors (Lipinski definition) is 3. The van der Waals surface area contributed by atoms with Crippen LogP contribution >= 0.6 is 0 Å². The molecule has 0 bridgehead atoms. The van der Waals surface area contributed by atoms with Gasteiger partial charge in [-0.25, -0.2) is 0 Å². The number of fused-ring (bicyclic) bond motifs is 1. The van der Waals surface area contributed by atoms with E-state index in [-0.39, 0.29) is 11.8 Å². The summed E-state index contributed by atoms with van der Waals surface area (Å²) < 4.78 is 5.71. The van der Waals surface area contributed by atoms with Crippen LogP contribution in [0.25, 0.3) is 0 Å². The third-order valence-electron chi connectivity index (χ3n) is 3.91. The fraction of sp³-hybridized carbons (Fsp3) is 0.533. The second kappa shape index (κ2) is 5.21. The highest BCUT2D eigenvalue weighted by atomic mass is 16.5.